The van der Waals surface area contributed by atoms with Gasteiger partial charge in [0.1, 0.15) is 0 Å². The molecule has 0 aromatic rings. The number of nitrogens with one attached hydrogen (secondary N) is 1. The first-order valence-corrected chi connectivity index (χ1v) is 7.70. The summed E-state index contributed by atoms with van der Waals surface area (Å²) in [6.07, 6.45) is 9.64. The van der Waals surface area contributed by atoms with Gasteiger partial charge in [-0.05, 0) is 63.8 Å². The van der Waals surface area contributed by atoms with E-state index >= 15 is 0 Å². The van der Waals surface area contributed by atoms with Crippen LogP contribution >= 0.6 is 0 Å². The second-order valence-electron chi connectivity index (χ2n) is 5.77. The molecule has 0 unspecified atom stereocenters. The standard InChI is InChI=1S/C15H27NO2/c1-2-18-14(17)6-4-3-5-11-16-15(12-7-8-12)13-9-10-13/h12-13,15-16H,2-11H2,1H3. The second-order valence-corrected chi connectivity index (χ2v) is 5.77. The van der Waals surface area contributed by atoms with Crippen molar-refractivity contribution in [3.05, 3.63) is 0 Å². The molecule has 1 N–H and O–H groups in total. The number of unbranched alkanes of at least 4 members (excludes halogenated alkanes) is 2. The first-order chi connectivity index (χ1) is 8.81. The third kappa shape index (κ3) is 4.97. The highest BCUT2D eigenvalue weighted by molar-refractivity contribution is 5.69. The molecular weight excluding hydrogens is 226 g/mol. The molecule has 18 heavy (non-hydrogen) atoms. The molecule has 3 heteroatoms. The Kier molecular flexibility index (Phi) is 5.48. The molecule has 0 aliphatic heterocycles. The monoisotopic (exact) mass is 253 g/mol. The summed E-state index contributed by atoms with van der Waals surface area (Å²) < 4.78 is 4.91. The van der Waals surface area contributed by atoms with Gasteiger partial charge in [0.2, 0.25) is 0 Å². The summed E-state index contributed by atoms with van der Waals surface area (Å²) in [6.45, 7) is 3.49. The van der Waals surface area contributed by atoms with Crippen LogP contribution in [-0.4, -0.2) is 25.2 Å². The van der Waals surface area contributed by atoms with Gasteiger partial charge in [0.05, 0.1) is 6.61 Å². The van der Waals surface area contributed by atoms with Crippen molar-refractivity contribution in [3.8, 4) is 0 Å². The number of carbonyl (C=O) groups is 1. The highest BCUT2D eigenvalue weighted by atomic mass is 16.5. The highest BCUT2D eigenvalue weighted by Crippen LogP contribution is 2.44. The molecule has 2 aliphatic carbocycles. The fourth-order valence-corrected chi connectivity index (χ4v) is 2.70. The van der Waals surface area contributed by atoms with Gasteiger partial charge >= 0.3 is 5.97 Å². The van der Waals surface area contributed by atoms with Crippen LogP contribution in [0.5, 0.6) is 0 Å². The third-order valence-corrected chi connectivity index (χ3v) is 4.00. The van der Waals surface area contributed by atoms with E-state index in [1.54, 1.807) is 0 Å². The summed E-state index contributed by atoms with van der Waals surface area (Å²) in [4.78, 5) is 11.1. The molecule has 2 aliphatic rings. The number of rotatable bonds is 10. The van der Waals surface area contributed by atoms with Crippen LogP contribution in [0.3, 0.4) is 0 Å². The first-order valence-electron chi connectivity index (χ1n) is 7.70. The van der Waals surface area contributed by atoms with Gasteiger partial charge in [-0.15, -0.1) is 0 Å². The maximum absolute atomic E-state index is 11.1. The lowest BCUT2D eigenvalue weighted by molar-refractivity contribution is -0.143. The van der Waals surface area contributed by atoms with Crippen LogP contribution in [0.2, 0.25) is 0 Å². The van der Waals surface area contributed by atoms with Crippen LogP contribution in [0.15, 0.2) is 0 Å². The predicted molar refractivity (Wildman–Crippen MR) is 72.3 cm³/mol. The van der Waals surface area contributed by atoms with E-state index in [0.717, 1.165) is 37.3 Å². The van der Waals surface area contributed by atoms with E-state index in [1.807, 2.05) is 6.92 Å². The summed E-state index contributed by atoms with van der Waals surface area (Å²) in [7, 11) is 0. The Morgan fingerprint density at radius 1 is 1.17 bits per heavy atom. The molecule has 104 valence electrons. The summed E-state index contributed by atoms with van der Waals surface area (Å²) in [5.74, 6) is 1.92. The van der Waals surface area contributed by atoms with Gasteiger partial charge in [-0.2, -0.15) is 0 Å². The third-order valence-electron chi connectivity index (χ3n) is 4.00. The maximum atomic E-state index is 11.1. The Balaban J connectivity index is 1.44. The van der Waals surface area contributed by atoms with Gasteiger partial charge in [-0.3, -0.25) is 4.79 Å². The number of carbonyl (C=O) groups excluding carboxylic acids is 1. The van der Waals surface area contributed by atoms with E-state index in [0.29, 0.717) is 13.0 Å². The lowest BCUT2D eigenvalue weighted by Gasteiger charge is -2.17. The van der Waals surface area contributed by atoms with E-state index < -0.39 is 0 Å². The molecule has 0 aromatic carbocycles. The molecule has 2 fully saturated rings. The smallest absolute Gasteiger partial charge is 0.305 e. The van der Waals surface area contributed by atoms with E-state index in [9.17, 15) is 4.79 Å². The zero-order valence-electron chi connectivity index (χ0n) is 11.6. The fraction of sp³-hybridized carbons (Fsp3) is 0.933. The quantitative estimate of drug-likeness (QED) is 0.480. The normalized spacial score (nSPS) is 19.2. The topological polar surface area (TPSA) is 38.3 Å². The zero-order valence-corrected chi connectivity index (χ0v) is 11.6. The molecule has 0 bridgehead atoms. The minimum Gasteiger partial charge on any atom is -0.466 e. The Labute approximate surface area is 111 Å². The number of ether oxygens (including phenoxy) is 1. The number of hydrogen-bond donors (Lipinski definition) is 1. The lowest BCUT2D eigenvalue weighted by atomic mass is 10.1. The lowest BCUT2D eigenvalue weighted by Crippen LogP contribution is -2.33. The van der Waals surface area contributed by atoms with Crippen molar-refractivity contribution in [2.45, 2.75) is 64.3 Å². The zero-order chi connectivity index (χ0) is 12.8. The molecule has 2 saturated carbocycles. The van der Waals surface area contributed by atoms with Crippen molar-refractivity contribution in [1.82, 2.24) is 5.32 Å². The fourth-order valence-electron chi connectivity index (χ4n) is 2.70. The van der Waals surface area contributed by atoms with Crippen LogP contribution < -0.4 is 5.32 Å². The average molecular weight is 253 g/mol. The largest absolute Gasteiger partial charge is 0.466 e. The highest BCUT2D eigenvalue weighted by Gasteiger charge is 2.40. The van der Waals surface area contributed by atoms with E-state index in [4.69, 9.17) is 4.74 Å². The van der Waals surface area contributed by atoms with Gasteiger partial charge < -0.3 is 10.1 Å². The molecule has 0 atom stereocenters. The summed E-state index contributed by atoms with van der Waals surface area (Å²) in [6, 6.07) is 0.815. The van der Waals surface area contributed by atoms with Crippen molar-refractivity contribution in [3.63, 3.8) is 0 Å². The van der Waals surface area contributed by atoms with Crippen LogP contribution in [0.1, 0.15) is 58.3 Å². The van der Waals surface area contributed by atoms with Gasteiger partial charge in [0.25, 0.3) is 0 Å². The molecule has 0 spiro atoms. The van der Waals surface area contributed by atoms with Crippen molar-refractivity contribution < 1.29 is 9.53 Å². The molecular formula is C15H27NO2. The molecule has 3 nitrogen and oxygen atoms in total. The van der Waals surface area contributed by atoms with Crippen molar-refractivity contribution in [2.75, 3.05) is 13.2 Å². The molecule has 0 amide bonds. The number of esters is 1. The van der Waals surface area contributed by atoms with E-state index in [1.165, 1.54) is 32.1 Å². The SMILES string of the molecule is CCOC(=O)CCCCCNC(C1CC1)C1CC1. The summed E-state index contributed by atoms with van der Waals surface area (Å²) in [5, 5.41) is 3.74. The van der Waals surface area contributed by atoms with Gasteiger partial charge in [0.15, 0.2) is 0 Å². The minimum atomic E-state index is -0.0423. The van der Waals surface area contributed by atoms with E-state index in [2.05, 4.69) is 5.32 Å². The van der Waals surface area contributed by atoms with Crippen molar-refractivity contribution in [2.24, 2.45) is 11.8 Å². The Bertz CT molecular complexity index is 247. The van der Waals surface area contributed by atoms with Crippen LogP contribution in [0.4, 0.5) is 0 Å². The number of hydrogen-bond acceptors (Lipinski definition) is 3. The second kappa shape index (κ2) is 7.13. The van der Waals surface area contributed by atoms with Gasteiger partial charge in [0, 0.05) is 12.5 Å². The average Bonchev–Trinajstić information content (AvgIpc) is 3.21. The Morgan fingerprint density at radius 2 is 1.83 bits per heavy atom. The van der Waals surface area contributed by atoms with Crippen LogP contribution in [0, 0.1) is 11.8 Å². The van der Waals surface area contributed by atoms with Crippen LogP contribution in [0.25, 0.3) is 0 Å². The van der Waals surface area contributed by atoms with Crippen molar-refractivity contribution >= 4 is 5.97 Å². The minimum absolute atomic E-state index is 0.0423. The first kappa shape index (κ1) is 13.9. The summed E-state index contributed by atoms with van der Waals surface area (Å²) >= 11 is 0. The molecule has 0 heterocycles. The molecule has 0 saturated heterocycles. The van der Waals surface area contributed by atoms with E-state index in [-0.39, 0.29) is 5.97 Å². The Morgan fingerprint density at radius 3 is 2.39 bits per heavy atom. The van der Waals surface area contributed by atoms with Gasteiger partial charge in [-0.1, -0.05) is 6.42 Å². The van der Waals surface area contributed by atoms with Crippen molar-refractivity contribution in [1.29, 1.82) is 0 Å². The summed E-state index contributed by atoms with van der Waals surface area (Å²) in [5.41, 5.74) is 0. The molecule has 0 aromatic heterocycles. The maximum Gasteiger partial charge on any atom is 0.305 e. The molecule has 2 rings (SSSR count). The van der Waals surface area contributed by atoms with Gasteiger partial charge in [-0.25, -0.2) is 0 Å². The molecule has 0 radical (unpaired) electrons. The Hall–Kier alpha value is -0.570. The predicted octanol–water partition coefficient (Wildman–Crippen LogP) is 2.89. The van der Waals surface area contributed by atoms with Crippen LogP contribution in [-0.2, 0) is 9.53 Å².